The Kier molecular flexibility index (Phi) is 3.96. The lowest BCUT2D eigenvalue weighted by Crippen LogP contribution is -2.31. The maximum atomic E-state index is 5.75. The van der Waals surface area contributed by atoms with Crippen molar-refractivity contribution in [3.8, 4) is 0 Å². The van der Waals surface area contributed by atoms with Crippen LogP contribution in [0.2, 0.25) is 0 Å². The molecule has 5 nitrogen and oxygen atoms in total. The highest BCUT2D eigenvalue weighted by molar-refractivity contribution is 5.77. The van der Waals surface area contributed by atoms with Gasteiger partial charge in [-0.3, -0.25) is 0 Å². The summed E-state index contributed by atoms with van der Waals surface area (Å²) in [6, 6.07) is 11.8. The van der Waals surface area contributed by atoms with Gasteiger partial charge in [-0.25, -0.2) is 4.99 Å². The van der Waals surface area contributed by atoms with Crippen LogP contribution < -0.4 is 11.1 Å². The van der Waals surface area contributed by atoms with E-state index < -0.39 is 0 Å². The van der Waals surface area contributed by atoms with Gasteiger partial charge in [0.25, 0.3) is 0 Å². The van der Waals surface area contributed by atoms with Gasteiger partial charge in [-0.05, 0) is 12.5 Å². The molecule has 5 heteroatoms. The molecule has 3 N–H and O–H groups in total. The van der Waals surface area contributed by atoms with Crippen LogP contribution >= 0.6 is 0 Å². The Hall–Kier alpha value is -2.30. The fraction of sp³-hybridized carbons (Fsp3) is 0.231. The van der Waals surface area contributed by atoms with Gasteiger partial charge in [0, 0.05) is 6.07 Å². The van der Waals surface area contributed by atoms with Gasteiger partial charge in [0.05, 0.1) is 18.8 Å². The Morgan fingerprint density at radius 2 is 2.17 bits per heavy atom. The van der Waals surface area contributed by atoms with E-state index in [9.17, 15) is 0 Å². The van der Waals surface area contributed by atoms with Crippen molar-refractivity contribution in [2.24, 2.45) is 10.7 Å². The molecule has 0 fully saturated rings. The average Bonchev–Trinajstić information content (AvgIpc) is 2.81. The normalized spacial score (nSPS) is 11.5. The zero-order chi connectivity index (χ0) is 12.8. The zero-order valence-corrected chi connectivity index (χ0v) is 10.3. The standard InChI is InChI=1S/C13H16N4O/c1-10-7-12(18-17-10)9-16-13(14)15-8-11-5-3-2-4-6-11/h2-7H,8-9H2,1H3,(H3,14,15,16). The van der Waals surface area contributed by atoms with E-state index >= 15 is 0 Å². The van der Waals surface area contributed by atoms with Crippen molar-refractivity contribution >= 4 is 5.96 Å². The Bertz CT molecular complexity index is 519. The molecule has 1 aromatic heterocycles. The van der Waals surface area contributed by atoms with Gasteiger partial charge in [0.1, 0.15) is 0 Å². The quantitative estimate of drug-likeness (QED) is 0.632. The molecule has 0 saturated carbocycles. The fourth-order valence-electron chi connectivity index (χ4n) is 1.49. The third kappa shape index (κ3) is 3.62. The van der Waals surface area contributed by atoms with E-state index in [1.807, 2.05) is 43.3 Å². The minimum atomic E-state index is 0.396. The number of hydrogen-bond acceptors (Lipinski definition) is 3. The summed E-state index contributed by atoms with van der Waals surface area (Å²) in [6.45, 7) is 2.93. The van der Waals surface area contributed by atoms with E-state index in [2.05, 4.69) is 15.5 Å². The second-order valence-electron chi connectivity index (χ2n) is 3.98. The van der Waals surface area contributed by atoms with Crippen LogP contribution in [0.25, 0.3) is 0 Å². The maximum Gasteiger partial charge on any atom is 0.189 e. The molecule has 0 aliphatic heterocycles. The van der Waals surface area contributed by atoms with E-state index in [1.54, 1.807) is 0 Å². The average molecular weight is 244 g/mol. The van der Waals surface area contributed by atoms with E-state index in [1.165, 1.54) is 0 Å². The first-order valence-corrected chi connectivity index (χ1v) is 5.74. The summed E-state index contributed by atoms with van der Waals surface area (Å²) in [6.07, 6.45) is 0. The Morgan fingerprint density at radius 1 is 1.39 bits per heavy atom. The SMILES string of the molecule is Cc1cc(CNC(N)=NCc2ccccc2)on1. The molecule has 1 aromatic carbocycles. The lowest BCUT2D eigenvalue weighted by Gasteiger charge is -2.02. The van der Waals surface area contributed by atoms with Crippen LogP contribution in [0.4, 0.5) is 0 Å². The molecule has 0 aliphatic rings. The summed E-state index contributed by atoms with van der Waals surface area (Å²) in [5.41, 5.74) is 7.73. The lowest BCUT2D eigenvalue weighted by atomic mass is 10.2. The van der Waals surface area contributed by atoms with Crippen molar-refractivity contribution in [3.63, 3.8) is 0 Å². The Morgan fingerprint density at radius 3 is 2.83 bits per heavy atom. The first kappa shape index (κ1) is 12.2. The molecule has 2 aromatic rings. The smallest absolute Gasteiger partial charge is 0.189 e. The van der Waals surface area contributed by atoms with Crippen LogP contribution in [0.1, 0.15) is 17.0 Å². The number of aryl methyl sites for hydroxylation is 1. The third-order valence-corrected chi connectivity index (χ3v) is 2.40. The molecule has 94 valence electrons. The molecule has 0 spiro atoms. The molecule has 0 unspecified atom stereocenters. The molecule has 2 rings (SSSR count). The minimum Gasteiger partial charge on any atom is -0.370 e. The van der Waals surface area contributed by atoms with Crippen LogP contribution in [0.15, 0.2) is 45.9 Å². The Balaban J connectivity index is 1.82. The molecule has 0 amide bonds. The predicted molar refractivity (Wildman–Crippen MR) is 69.8 cm³/mol. The molecule has 0 atom stereocenters. The van der Waals surface area contributed by atoms with E-state index in [0.717, 1.165) is 17.0 Å². The van der Waals surface area contributed by atoms with Crippen molar-refractivity contribution in [2.45, 2.75) is 20.0 Å². The number of aliphatic imine (C=N–C) groups is 1. The van der Waals surface area contributed by atoms with Crippen LogP contribution in [0.3, 0.4) is 0 Å². The van der Waals surface area contributed by atoms with Crippen LogP contribution in [-0.4, -0.2) is 11.1 Å². The molecule has 0 radical (unpaired) electrons. The maximum absolute atomic E-state index is 5.75. The van der Waals surface area contributed by atoms with Crippen molar-refractivity contribution in [1.82, 2.24) is 10.5 Å². The second-order valence-corrected chi connectivity index (χ2v) is 3.98. The van der Waals surface area contributed by atoms with Crippen LogP contribution in [0.5, 0.6) is 0 Å². The largest absolute Gasteiger partial charge is 0.370 e. The number of nitrogens with one attached hydrogen (secondary N) is 1. The zero-order valence-electron chi connectivity index (χ0n) is 10.3. The van der Waals surface area contributed by atoms with Gasteiger partial charge in [-0.1, -0.05) is 35.5 Å². The van der Waals surface area contributed by atoms with Crippen molar-refractivity contribution in [2.75, 3.05) is 0 Å². The van der Waals surface area contributed by atoms with Crippen molar-refractivity contribution < 1.29 is 4.52 Å². The van der Waals surface area contributed by atoms with E-state index in [0.29, 0.717) is 19.0 Å². The van der Waals surface area contributed by atoms with Crippen molar-refractivity contribution in [3.05, 3.63) is 53.4 Å². The molecule has 1 heterocycles. The van der Waals surface area contributed by atoms with Gasteiger partial charge in [-0.15, -0.1) is 0 Å². The highest BCUT2D eigenvalue weighted by atomic mass is 16.5. The molecule has 0 bridgehead atoms. The number of rotatable bonds is 4. The topological polar surface area (TPSA) is 76.4 Å². The summed E-state index contributed by atoms with van der Waals surface area (Å²) in [4.78, 5) is 4.24. The number of benzene rings is 1. The van der Waals surface area contributed by atoms with Crippen LogP contribution in [0, 0.1) is 6.92 Å². The van der Waals surface area contributed by atoms with Gasteiger partial charge in [0.15, 0.2) is 11.7 Å². The van der Waals surface area contributed by atoms with E-state index in [4.69, 9.17) is 10.3 Å². The first-order chi connectivity index (χ1) is 8.74. The van der Waals surface area contributed by atoms with Gasteiger partial charge < -0.3 is 15.6 Å². The summed E-state index contributed by atoms with van der Waals surface area (Å²) in [5, 5.41) is 6.77. The molecule has 0 aliphatic carbocycles. The van der Waals surface area contributed by atoms with Crippen molar-refractivity contribution in [1.29, 1.82) is 0 Å². The highest BCUT2D eigenvalue weighted by Gasteiger charge is 2.00. The second kappa shape index (κ2) is 5.86. The van der Waals surface area contributed by atoms with Gasteiger partial charge >= 0.3 is 0 Å². The number of guanidine groups is 1. The number of nitrogens with two attached hydrogens (primary N) is 1. The highest BCUT2D eigenvalue weighted by Crippen LogP contribution is 2.01. The summed E-state index contributed by atoms with van der Waals surface area (Å²) in [5.74, 6) is 1.14. The number of nitrogens with zero attached hydrogens (tertiary/aromatic N) is 2. The third-order valence-electron chi connectivity index (χ3n) is 2.40. The Labute approximate surface area is 106 Å². The minimum absolute atomic E-state index is 0.396. The predicted octanol–water partition coefficient (Wildman–Crippen LogP) is 1.59. The van der Waals surface area contributed by atoms with Crippen LogP contribution in [-0.2, 0) is 13.1 Å². The monoisotopic (exact) mass is 244 g/mol. The fourth-order valence-corrected chi connectivity index (χ4v) is 1.49. The molecular weight excluding hydrogens is 228 g/mol. The number of hydrogen-bond donors (Lipinski definition) is 2. The summed E-state index contributed by atoms with van der Waals surface area (Å²) < 4.78 is 5.05. The summed E-state index contributed by atoms with van der Waals surface area (Å²) >= 11 is 0. The molecule has 18 heavy (non-hydrogen) atoms. The summed E-state index contributed by atoms with van der Waals surface area (Å²) in [7, 11) is 0. The van der Waals surface area contributed by atoms with Gasteiger partial charge in [0.2, 0.25) is 0 Å². The molecular formula is C13H16N4O. The van der Waals surface area contributed by atoms with Gasteiger partial charge in [-0.2, -0.15) is 0 Å². The molecule has 0 saturated heterocycles. The lowest BCUT2D eigenvalue weighted by molar-refractivity contribution is 0.376. The van der Waals surface area contributed by atoms with E-state index in [-0.39, 0.29) is 0 Å². The number of aromatic nitrogens is 1. The first-order valence-electron chi connectivity index (χ1n) is 5.74.